The van der Waals surface area contributed by atoms with E-state index in [0.29, 0.717) is 5.82 Å². The van der Waals surface area contributed by atoms with Crippen LogP contribution in [0.5, 0.6) is 0 Å². The molecule has 0 fully saturated rings. The van der Waals surface area contributed by atoms with Gasteiger partial charge in [-0.2, -0.15) is 4.68 Å². The molecule has 3 aromatic carbocycles. The molecule has 4 rings (SSSR count). The van der Waals surface area contributed by atoms with Gasteiger partial charge in [-0.25, -0.2) is 4.39 Å². The number of benzene rings is 3. The molecule has 6 nitrogen and oxygen atoms in total. The van der Waals surface area contributed by atoms with Crippen LogP contribution >= 0.6 is 0 Å². The van der Waals surface area contributed by atoms with Crippen LogP contribution in [-0.2, 0) is 0 Å². The highest BCUT2D eigenvalue weighted by Gasteiger charge is 2.18. The van der Waals surface area contributed by atoms with E-state index >= 15 is 0 Å². The minimum atomic E-state index is -0.420. The average Bonchev–Trinajstić information content (AvgIpc) is 3.18. The number of rotatable bonds is 4. The Morgan fingerprint density at radius 3 is 2.30 bits per heavy atom. The largest absolute Gasteiger partial charge is 0.411 e. The van der Waals surface area contributed by atoms with Crippen molar-refractivity contribution in [2.75, 3.05) is 0 Å². The van der Waals surface area contributed by atoms with E-state index in [9.17, 15) is 4.39 Å². The maximum absolute atomic E-state index is 14.3. The Labute approximate surface area is 154 Å². The Bertz CT molecular complexity index is 1120. The number of tetrazole rings is 1. The fourth-order valence-corrected chi connectivity index (χ4v) is 2.97. The van der Waals surface area contributed by atoms with Crippen molar-refractivity contribution in [3.05, 3.63) is 84.2 Å². The molecule has 0 aliphatic carbocycles. The number of oxime groups is 1. The maximum atomic E-state index is 14.3. The minimum absolute atomic E-state index is 0.262. The molecule has 0 aliphatic rings. The van der Waals surface area contributed by atoms with Gasteiger partial charge in [-0.05, 0) is 33.7 Å². The van der Waals surface area contributed by atoms with Gasteiger partial charge in [0.2, 0.25) is 0 Å². The summed E-state index contributed by atoms with van der Waals surface area (Å²) in [6, 6.07) is 21.3. The number of hydrogen-bond donors (Lipinski definition) is 1. The molecule has 0 bridgehead atoms. The number of aromatic nitrogens is 4. The fraction of sp³-hybridized carbons (Fsp3) is 0. The van der Waals surface area contributed by atoms with Crippen molar-refractivity contribution in [1.82, 2.24) is 20.2 Å². The predicted octanol–water partition coefficient (Wildman–Crippen LogP) is 3.94. The van der Waals surface area contributed by atoms with E-state index in [1.807, 2.05) is 48.5 Å². The first kappa shape index (κ1) is 16.6. The molecule has 1 N–H and O–H groups in total. The molecule has 0 unspecified atom stereocenters. The normalized spacial score (nSPS) is 11.1. The summed E-state index contributed by atoms with van der Waals surface area (Å²) in [5.41, 5.74) is 3.40. The van der Waals surface area contributed by atoms with Gasteiger partial charge in [0.05, 0.1) is 6.21 Å². The van der Waals surface area contributed by atoms with E-state index in [2.05, 4.69) is 20.7 Å². The zero-order valence-electron chi connectivity index (χ0n) is 14.1. The highest BCUT2D eigenvalue weighted by molar-refractivity contribution is 5.94. The maximum Gasteiger partial charge on any atom is 0.187 e. The highest BCUT2D eigenvalue weighted by Crippen LogP contribution is 2.33. The van der Waals surface area contributed by atoms with Crippen molar-refractivity contribution >= 4 is 6.21 Å². The quantitative estimate of drug-likeness (QED) is 0.340. The molecule has 1 heterocycles. The standard InChI is InChI=1S/C20H14FN5O/c21-18-11-5-6-12-19(18)26-20(23-24-25-26)17-10-4-3-9-16(17)15-8-2-1-7-14(15)13-22-27/h1-13,27H. The second-order valence-electron chi connectivity index (χ2n) is 5.74. The highest BCUT2D eigenvalue weighted by atomic mass is 19.1. The molecule has 0 saturated heterocycles. The zero-order chi connectivity index (χ0) is 18.6. The summed E-state index contributed by atoms with van der Waals surface area (Å²) in [4.78, 5) is 0. The smallest absolute Gasteiger partial charge is 0.187 e. The van der Waals surface area contributed by atoms with Crippen LogP contribution in [0.15, 0.2) is 78.0 Å². The molecule has 0 aliphatic heterocycles. The lowest BCUT2D eigenvalue weighted by molar-refractivity contribution is 0.322. The minimum Gasteiger partial charge on any atom is -0.411 e. The molecule has 0 spiro atoms. The van der Waals surface area contributed by atoms with Gasteiger partial charge in [-0.1, -0.05) is 65.8 Å². The van der Waals surface area contributed by atoms with Crippen LogP contribution in [0, 0.1) is 5.82 Å². The van der Waals surface area contributed by atoms with Crippen molar-refractivity contribution in [3.63, 3.8) is 0 Å². The second-order valence-corrected chi connectivity index (χ2v) is 5.74. The van der Waals surface area contributed by atoms with E-state index < -0.39 is 5.82 Å². The van der Waals surface area contributed by atoms with Crippen LogP contribution in [0.1, 0.15) is 5.56 Å². The van der Waals surface area contributed by atoms with Crippen molar-refractivity contribution in [2.24, 2.45) is 5.16 Å². The van der Waals surface area contributed by atoms with Crippen molar-refractivity contribution < 1.29 is 9.60 Å². The third-order valence-electron chi connectivity index (χ3n) is 4.17. The van der Waals surface area contributed by atoms with Crippen LogP contribution in [-0.4, -0.2) is 31.6 Å². The molecule has 0 atom stereocenters. The van der Waals surface area contributed by atoms with Crippen LogP contribution in [0.25, 0.3) is 28.2 Å². The number of halogens is 1. The SMILES string of the molecule is ON=Cc1ccccc1-c1ccccc1-c1nnnn1-c1ccccc1F. The first-order chi connectivity index (χ1) is 13.3. The first-order valence-electron chi connectivity index (χ1n) is 8.19. The number of hydrogen-bond acceptors (Lipinski definition) is 5. The molecule has 1 aromatic heterocycles. The lowest BCUT2D eigenvalue weighted by Crippen LogP contribution is -2.03. The third kappa shape index (κ3) is 3.06. The average molecular weight is 359 g/mol. The Morgan fingerprint density at radius 1 is 0.852 bits per heavy atom. The Kier molecular flexibility index (Phi) is 4.40. The van der Waals surface area contributed by atoms with Crippen LogP contribution in [0.4, 0.5) is 4.39 Å². The Hall–Kier alpha value is -3.87. The van der Waals surface area contributed by atoms with Crippen molar-refractivity contribution in [1.29, 1.82) is 0 Å². The van der Waals surface area contributed by atoms with Crippen LogP contribution in [0.3, 0.4) is 0 Å². The molecule has 0 amide bonds. The molecule has 7 heteroatoms. The molecule has 0 saturated carbocycles. The fourth-order valence-electron chi connectivity index (χ4n) is 2.97. The van der Waals surface area contributed by atoms with E-state index in [-0.39, 0.29) is 5.69 Å². The van der Waals surface area contributed by atoms with Crippen molar-refractivity contribution in [2.45, 2.75) is 0 Å². The van der Waals surface area contributed by atoms with E-state index in [4.69, 9.17) is 5.21 Å². The van der Waals surface area contributed by atoms with Gasteiger partial charge >= 0.3 is 0 Å². The first-order valence-corrected chi connectivity index (χ1v) is 8.19. The van der Waals surface area contributed by atoms with Crippen molar-refractivity contribution in [3.8, 4) is 28.2 Å². The van der Waals surface area contributed by atoms with E-state index in [0.717, 1.165) is 22.3 Å². The lowest BCUT2D eigenvalue weighted by Gasteiger charge is -2.12. The molecule has 27 heavy (non-hydrogen) atoms. The topological polar surface area (TPSA) is 76.2 Å². The van der Waals surface area contributed by atoms with E-state index in [1.54, 1.807) is 18.2 Å². The number of para-hydroxylation sites is 1. The van der Waals surface area contributed by atoms with Gasteiger partial charge in [-0.15, -0.1) is 5.10 Å². The third-order valence-corrected chi connectivity index (χ3v) is 4.17. The summed E-state index contributed by atoms with van der Waals surface area (Å²) in [5, 5.41) is 23.9. The van der Waals surface area contributed by atoms with Crippen LogP contribution in [0.2, 0.25) is 0 Å². The molecule has 0 radical (unpaired) electrons. The van der Waals surface area contributed by atoms with Gasteiger partial charge in [0.1, 0.15) is 11.5 Å². The Morgan fingerprint density at radius 2 is 1.52 bits per heavy atom. The molecular formula is C20H14FN5O. The molecular weight excluding hydrogens is 345 g/mol. The second kappa shape index (κ2) is 7.17. The summed E-state index contributed by atoms with van der Waals surface area (Å²) in [6.45, 7) is 0. The summed E-state index contributed by atoms with van der Waals surface area (Å²) in [5.74, 6) is -0.0113. The number of nitrogens with zero attached hydrogens (tertiary/aromatic N) is 5. The van der Waals surface area contributed by atoms with E-state index in [1.165, 1.54) is 17.0 Å². The van der Waals surface area contributed by atoms with Crippen LogP contribution < -0.4 is 0 Å². The Balaban J connectivity index is 1.93. The lowest BCUT2D eigenvalue weighted by atomic mass is 9.95. The monoisotopic (exact) mass is 359 g/mol. The molecule has 4 aromatic rings. The zero-order valence-corrected chi connectivity index (χ0v) is 14.1. The summed E-state index contributed by atoms with van der Waals surface area (Å²) in [7, 11) is 0. The van der Waals surface area contributed by atoms with Gasteiger partial charge in [-0.3, -0.25) is 0 Å². The summed E-state index contributed by atoms with van der Waals surface area (Å²) >= 11 is 0. The summed E-state index contributed by atoms with van der Waals surface area (Å²) in [6.07, 6.45) is 1.37. The molecule has 132 valence electrons. The predicted molar refractivity (Wildman–Crippen MR) is 99.4 cm³/mol. The van der Waals surface area contributed by atoms with Gasteiger partial charge in [0.15, 0.2) is 5.82 Å². The van der Waals surface area contributed by atoms with Gasteiger partial charge in [0.25, 0.3) is 0 Å². The summed E-state index contributed by atoms with van der Waals surface area (Å²) < 4.78 is 15.6. The van der Waals surface area contributed by atoms with Gasteiger partial charge < -0.3 is 5.21 Å². The van der Waals surface area contributed by atoms with Gasteiger partial charge in [0, 0.05) is 11.1 Å².